The molecule has 172 valence electrons. The van der Waals surface area contributed by atoms with Crippen molar-refractivity contribution in [1.82, 2.24) is 20.2 Å². The number of amides is 1. The van der Waals surface area contributed by atoms with E-state index in [1.807, 2.05) is 17.9 Å². The van der Waals surface area contributed by atoms with Gasteiger partial charge in [-0.2, -0.15) is 0 Å². The van der Waals surface area contributed by atoms with Crippen LogP contribution in [0.4, 0.5) is 10.2 Å². The number of fused-ring (bicyclic) bond motifs is 1. The Balaban J connectivity index is 1.26. The number of thiophene rings is 1. The molecule has 3 aliphatic rings. The van der Waals surface area contributed by atoms with Crippen LogP contribution in [0.2, 0.25) is 0 Å². The van der Waals surface area contributed by atoms with Crippen LogP contribution in [0.25, 0.3) is 0 Å². The van der Waals surface area contributed by atoms with Gasteiger partial charge >= 0.3 is 0 Å². The van der Waals surface area contributed by atoms with Gasteiger partial charge in [0.25, 0.3) is 0 Å². The number of hydrogen-bond acceptors (Lipinski definition) is 6. The summed E-state index contributed by atoms with van der Waals surface area (Å²) in [4.78, 5) is 27.5. The van der Waals surface area contributed by atoms with E-state index in [1.165, 1.54) is 19.2 Å². The lowest BCUT2D eigenvalue weighted by Gasteiger charge is -2.37. The van der Waals surface area contributed by atoms with Crippen molar-refractivity contribution in [2.24, 2.45) is 5.92 Å². The van der Waals surface area contributed by atoms with Crippen LogP contribution in [0.5, 0.6) is 0 Å². The second-order valence-electron chi connectivity index (χ2n) is 9.21. The lowest BCUT2D eigenvalue weighted by molar-refractivity contribution is -0.133. The Morgan fingerprint density at radius 1 is 1.28 bits per heavy atom. The molecule has 0 spiro atoms. The van der Waals surface area contributed by atoms with Crippen LogP contribution < -0.4 is 10.2 Å². The number of carbonyl (C=O) groups excluding carboxylic acids is 1. The molecule has 1 unspecified atom stereocenters. The van der Waals surface area contributed by atoms with Crippen molar-refractivity contribution in [3.63, 3.8) is 0 Å². The van der Waals surface area contributed by atoms with Crippen LogP contribution in [0, 0.1) is 5.92 Å². The Morgan fingerprint density at radius 2 is 2.06 bits per heavy atom. The smallest absolute Gasteiger partial charge is 0.232 e. The van der Waals surface area contributed by atoms with Crippen molar-refractivity contribution in [3.8, 4) is 0 Å². The highest BCUT2D eigenvalue weighted by Gasteiger charge is 2.36. The van der Waals surface area contributed by atoms with Gasteiger partial charge in [0.2, 0.25) is 5.91 Å². The molecule has 0 aromatic carbocycles. The number of nitrogens with zero attached hydrogens (tertiary/aromatic N) is 4. The van der Waals surface area contributed by atoms with E-state index in [4.69, 9.17) is 0 Å². The normalized spacial score (nSPS) is 24.0. The molecule has 2 fully saturated rings. The molecule has 3 heterocycles. The Morgan fingerprint density at radius 3 is 2.75 bits per heavy atom. The Hall–Kier alpha value is -1.58. The second-order valence-corrected chi connectivity index (χ2v) is 11.7. The maximum atomic E-state index is 14.3. The van der Waals surface area contributed by atoms with E-state index in [2.05, 4.69) is 42.2 Å². The van der Waals surface area contributed by atoms with Gasteiger partial charge in [0.05, 0.1) is 15.4 Å². The third kappa shape index (κ3) is 4.56. The summed E-state index contributed by atoms with van der Waals surface area (Å²) in [7, 11) is 0. The molecule has 2 aliphatic carbocycles. The topological polar surface area (TPSA) is 61.4 Å². The van der Waals surface area contributed by atoms with Crippen LogP contribution in [-0.4, -0.2) is 60.0 Å². The molecule has 2 aromatic heterocycles. The summed E-state index contributed by atoms with van der Waals surface area (Å²) in [6.45, 7) is 6.43. The van der Waals surface area contributed by atoms with E-state index >= 15 is 0 Å². The molecule has 1 N–H and O–H groups in total. The number of halogens is 2. The summed E-state index contributed by atoms with van der Waals surface area (Å²) in [6, 6.07) is 4.08. The molecule has 1 aliphatic heterocycles. The molecule has 6 nitrogen and oxygen atoms in total. The number of nitrogens with one attached hydrogen (secondary N) is 1. The van der Waals surface area contributed by atoms with Crippen LogP contribution in [0.15, 0.2) is 22.2 Å². The van der Waals surface area contributed by atoms with E-state index in [-0.39, 0.29) is 17.7 Å². The van der Waals surface area contributed by atoms with Gasteiger partial charge in [-0.05, 0) is 65.7 Å². The fourth-order valence-electron chi connectivity index (χ4n) is 4.85. The van der Waals surface area contributed by atoms with E-state index in [0.29, 0.717) is 44.8 Å². The number of carbonyl (C=O) groups is 1. The van der Waals surface area contributed by atoms with Gasteiger partial charge in [0.15, 0.2) is 0 Å². The zero-order chi connectivity index (χ0) is 22.2. The monoisotopic (exact) mass is 521 g/mol. The lowest BCUT2D eigenvalue weighted by Crippen LogP contribution is -2.51. The molecule has 1 saturated heterocycles. The summed E-state index contributed by atoms with van der Waals surface area (Å²) >= 11 is 5.18. The quantitative estimate of drug-likeness (QED) is 0.590. The molecule has 3 atom stereocenters. The summed E-state index contributed by atoms with van der Waals surface area (Å²) in [5.41, 5.74) is 1.50. The number of hydrogen-bond donors (Lipinski definition) is 1. The van der Waals surface area contributed by atoms with Gasteiger partial charge in [-0.1, -0.05) is 6.92 Å². The van der Waals surface area contributed by atoms with Crippen LogP contribution in [-0.2, 0) is 4.79 Å². The first kappa shape index (κ1) is 22.2. The van der Waals surface area contributed by atoms with Crippen molar-refractivity contribution in [3.05, 3.63) is 38.4 Å². The molecule has 1 saturated carbocycles. The van der Waals surface area contributed by atoms with Gasteiger partial charge in [-0.15, -0.1) is 11.3 Å². The molecule has 32 heavy (non-hydrogen) atoms. The molecule has 1 amide bonds. The van der Waals surface area contributed by atoms with Crippen molar-refractivity contribution in [2.75, 3.05) is 44.2 Å². The SMILES string of the molecule is C[C@@H]1C[C@H](F)c2ncnc(N3CCN(C(=O)C(CNCC4CC4)c4ccc(Br)s4)CC3)c21. The fourth-order valence-corrected chi connectivity index (χ4v) is 6.37. The minimum Gasteiger partial charge on any atom is -0.353 e. The Labute approximate surface area is 200 Å². The summed E-state index contributed by atoms with van der Waals surface area (Å²) < 4.78 is 15.4. The maximum absolute atomic E-state index is 14.3. The predicted molar refractivity (Wildman–Crippen MR) is 128 cm³/mol. The number of aromatic nitrogens is 2. The average molecular weight is 522 g/mol. The first-order chi connectivity index (χ1) is 15.5. The van der Waals surface area contributed by atoms with E-state index in [0.717, 1.165) is 32.5 Å². The van der Waals surface area contributed by atoms with Crippen LogP contribution >= 0.6 is 27.3 Å². The molecular formula is C23H29BrFN5OS. The predicted octanol–water partition coefficient (Wildman–Crippen LogP) is 4.25. The average Bonchev–Trinajstić information content (AvgIpc) is 3.46. The maximum Gasteiger partial charge on any atom is 0.232 e. The summed E-state index contributed by atoms with van der Waals surface area (Å²) in [5.74, 6) is 1.78. The largest absolute Gasteiger partial charge is 0.353 e. The second kappa shape index (κ2) is 9.35. The number of piperazine rings is 1. The Bertz CT molecular complexity index is 975. The minimum absolute atomic E-state index is 0.120. The standard InChI is InChI=1S/C23H29BrFN5OS/c1-14-10-17(25)21-20(14)22(28-13-27-21)29-6-8-30(9-7-29)23(31)16(12-26-11-15-2-3-15)18-4-5-19(24)32-18/h4-5,13-17,26H,2-3,6-12H2,1H3/t14-,16?,17+/m1/s1. The van der Waals surface area contributed by atoms with Gasteiger partial charge in [0.1, 0.15) is 18.3 Å². The summed E-state index contributed by atoms with van der Waals surface area (Å²) in [6.07, 6.45) is 3.55. The lowest BCUT2D eigenvalue weighted by atomic mass is 10.0. The first-order valence-electron chi connectivity index (χ1n) is 11.5. The van der Waals surface area contributed by atoms with Crippen LogP contribution in [0.3, 0.4) is 0 Å². The third-order valence-electron chi connectivity index (χ3n) is 6.85. The van der Waals surface area contributed by atoms with Crippen molar-refractivity contribution < 1.29 is 9.18 Å². The highest BCUT2D eigenvalue weighted by atomic mass is 79.9. The van der Waals surface area contributed by atoms with Crippen molar-refractivity contribution >= 4 is 39.0 Å². The summed E-state index contributed by atoms with van der Waals surface area (Å²) in [5, 5.41) is 3.53. The highest BCUT2D eigenvalue weighted by Crippen LogP contribution is 2.44. The van der Waals surface area contributed by atoms with E-state index in [9.17, 15) is 9.18 Å². The number of alkyl halides is 1. The molecule has 9 heteroatoms. The molecular weight excluding hydrogens is 493 g/mol. The molecule has 2 aromatic rings. The third-order valence-corrected chi connectivity index (χ3v) is 8.59. The zero-order valence-electron chi connectivity index (χ0n) is 18.3. The van der Waals surface area contributed by atoms with Gasteiger partial charge in [0, 0.05) is 43.2 Å². The number of rotatable bonds is 7. The number of anilines is 1. The van der Waals surface area contributed by atoms with Gasteiger partial charge < -0.3 is 15.1 Å². The highest BCUT2D eigenvalue weighted by molar-refractivity contribution is 9.11. The van der Waals surface area contributed by atoms with Gasteiger partial charge in [-0.3, -0.25) is 4.79 Å². The minimum atomic E-state index is -1.00. The first-order valence-corrected chi connectivity index (χ1v) is 13.1. The molecule has 0 radical (unpaired) electrons. The van der Waals surface area contributed by atoms with E-state index in [1.54, 1.807) is 11.3 Å². The van der Waals surface area contributed by atoms with Crippen molar-refractivity contribution in [1.29, 1.82) is 0 Å². The Kier molecular flexibility index (Phi) is 6.49. The van der Waals surface area contributed by atoms with Crippen molar-refractivity contribution in [2.45, 2.75) is 44.2 Å². The van der Waals surface area contributed by atoms with E-state index < -0.39 is 6.17 Å². The van der Waals surface area contributed by atoms with Gasteiger partial charge in [-0.25, -0.2) is 14.4 Å². The molecule has 0 bridgehead atoms. The van der Waals surface area contributed by atoms with Crippen LogP contribution in [0.1, 0.15) is 60.3 Å². The fraction of sp³-hybridized carbons (Fsp3) is 0.609. The molecule has 5 rings (SSSR count). The zero-order valence-corrected chi connectivity index (χ0v) is 20.7.